The van der Waals surface area contributed by atoms with Crippen molar-refractivity contribution in [1.82, 2.24) is 20.3 Å². The van der Waals surface area contributed by atoms with Crippen LogP contribution in [0.5, 0.6) is 0 Å². The van der Waals surface area contributed by atoms with E-state index in [4.69, 9.17) is 9.84 Å². The van der Waals surface area contributed by atoms with E-state index in [9.17, 15) is 9.59 Å². The van der Waals surface area contributed by atoms with Crippen molar-refractivity contribution in [2.75, 3.05) is 0 Å². The maximum atomic E-state index is 11.5. The molecule has 1 aromatic rings. The fourth-order valence-corrected chi connectivity index (χ4v) is 1.23. The number of carbonyl (C=O) groups is 2. The molecule has 0 bridgehead atoms. The topological polar surface area (TPSA) is 106 Å². The molecule has 0 aromatic carbocycles. The summed E-state index contributed by atoms with van der Waals surface area (Å²) in [5.74, 6) is -1.02. The van der Waals surface area contributed by atoms with E-state index in [1.807, 2.05) is 0 Å². The summed E-state index contributed by atoms with van der Waals surface area (Å²) >= 11 is 0. The first-order valence-electron chi connectivity index (χ1n) is 6.14. The van der Waals surface area contributed by atoms with E-state index in [0.29, 0.717) is 5.69 Å². The smallest absolute Gasteiger partial charge is 0.407 e. The number of nitrogens with one attached hydrogen (secondary N) is 1. The molecular formula is C12H20N4O4. The molecule has 0 aliphatic carbocycles. The molecule has 112 valence electrons. The number of amides is 1. The van der Waals surface area contributed by atoms with Crippen LogP contribution in [0.25, 0.3) is 0 Å². The second-order valence-corrected chi connectivity index (χ2v) is 5.87. The van der Waals surface area contributed by atoms with E-state index in [0.717, 1.165) is 0 Å². The lowest BCUT2D eigenvalue weighted by Gasteiger charge is -2.19. The molecule has 8 heteroatoms. The van der Waals surface area contributed by atoms with Gasteiger partial charge in [0, 0.05) is 0 Å². The lowest BCUT2D eigenvalue weighted by molar-refractivity contribution is -0.146. The van der Waals surface area contributed by atoms with Gasteiger partial charge in [0.25, 0.3) is 0 Å². The molecular weight excluding hydrogens is 264 g/mol. The molecule has 0 aliphatic rings. The number of aromatic nitrogens is 3. The second kappa shape index (κ2) is 5.48. The minimum atomic E-state index is -1.20. The summed E-state index contributed by atoms with van der Waals surface area (Å²) in [5, 5.41) is 19.2. The van der Waals surface area contributed by atoms with Crippen molar-refractivity contribution in [2.24, 2.45) is 0 Å². The van der Waals surface area contributed by atoms with Crippen LogP contribution in [-0.4, -0.2) is 37.8 Å². The van der Waals surface area contributed by atoms with Crippen LogP contribution < -0.4 is 5.32 Å². The molecule has 0 atom stereocenters. The van der Waals surface area contributed by atoms with Gasteiger partial charge < -0.3 is 15.2 Å². The van der Waals surface area contributed by atoms with Crippen molar-refractivity contribution in [2.45, 2.75) is 52.3 Å². The van der Waals surface area contributed by atoms with Gasteiger partial charge in [-0.25, -0.2) is 14.3 Å². The number of hydrogen-bond acceptors (Lipinski definition) is 5. The minimum absolute atomic E-state index is 0.116. The maximum absolute atomic E-state index is 11.5. The van der Waals surface area contributed by atoms with E-state index in [1.54, 1.807) is 20.8 Å². The van der Waals surface area contributed by atoms with E-state index in [2.05, 4.69) is 15.6 Å². The zero-order valence-electron chi connectivity index (χ0n) is 12.3. The number of carbonyl (C=O) groups excluding carboxylic acids is 1. The average molecular weight is 284 g/mol. The Kier molecular flexibility index (Phi) is 4.36. The van der Waals surface area contributed by atoms with Crippen molar-refractivity contribution in [3.05, 3.63) is 11.9 Å². The zero-order chi connectivity index (χ0) is 15.6. The molecule has 0 unspecified atom stereocenters. The number of alkyl carbamates (subject to hydrolysis) is 1. The van der Waals surface area contributed by atoms with Gasteiger partial charge in [0.2, 0.25) is 0 Å². The summed E-state index contributed by atoms with van der Waals surface area (Å²) in [6, 6.07) is 0. The third-order valence-corrected chi connectivity index (χ3v) is 2.45. The van der Waals surface area contributed by atoms with Crippen molar-refractivity contribution >= 4 is 12.1 Å². The SMILES string of the molecule is CC(C)(C)OC(=O)NCc1cn(C(C)(C)C(=O)O)nn1. The van der Waals surface area contributed by atoms with Crippen LogP contribution >= 0.6 is 0 Å². The largest absolute Gasteiger partial charge is 0.479 e. The molecule has 8 nitrogen and oxygen atoms in total. The lowest BCUT2D eigenvalue weighted by atomic mass is 10.1. The molecule has 1 heterocycles. The van der Waals surface area contributed by atoms with E-state index < -0.39 is 23.2 Å². The zero-order valence-corrected chi connectivity index (χ0v) is 12.3. The number of hydrogen-bond donors (Lipinski definition) is 2. The number of carboxylic acid groups (broad SMARTS) is 1. The molecule has 0 saturated carbocycles. The second-order valence-electron chi connectivity index (χ2n) is 5.87. The van der Waals surface area contributed by atoms with Gasteiger partial charge >= 0.3 is 12.1 Å². The first-order valence-corrected chi connectivity index (χ1v) is 6.14. The van der Waals surface area contributed by atoms with Crippen LogP contribution in [0, 0.1) is 0 Å². The predicted molar refractivity (Wildman–Crippen MR) is 70.1 cm³/mol. The molecule has 1 aromatic heterocycles. The first-order chi connectivity index (χ1) is 9.02. The molecule has 0 saturated heterocycles. The standard InChI is InChI=1S/C12H20N4O4/c1-11(2,3)20-10(19)13-6-8-7-16(15-14-8)12(4,5)9(17)18/h7H,6H2,1-5H3,(H,13,19)(H,17,18). The molecule has 1 amide bonds. The molecule has 0 aliphatic heterocycles. The van der Waals surface area contributed by atoms with Gasteiger partial charge in [0.1, 0.15) is 11.3 Å². The van der Waals surface area contributed by atoms with Crippen LogP contribution in [0.4, 0.5) is 4.79 Å². The Bertz CT molecular complexity index is 502. The van der Waals surface area contributed by atoms with E-state index in [1.165, 1.54) is 24.7 Å². The van der Waals surface area contributed by atoms with Crippen LogP contribution in [0.2, 0.25) is 0 Å². The normalized spacial score (nSPS) is 12.1. The van der Waals surface area contributed by atoms with Crippen molar-refractivity contribution < 1.29 is 19.4 Å². The van der Waals surface area contributed by atoms with Crippen LogP contribution in [0.15, 0.2) is 6.20 Å². The van der Waals surface area contributed by atoms with Crippen molar-refractivity contribution in [1.29, 1.82) is 0 Å². The van der Waals surface area contributed by atoms with Gasteiger partial charge in [-0.2, -0.15) is 0 Å². The van der Waals surface area contributed by atoms with E-state index in [-0.39, 0.29) is 6.54 Å². The summed E-state index contributed by atoms with van der Waals surface area (Å²) in [6.45, 7) is 8.42. The van der Waals surface area contributed by atoms with E-state index >= 15 is 0 Å². The number of aliphatic carboxylic acids is 1. The first kappa shape index (κ1) is 15.9. The highest BCUT2D eigenvalue weighted by atomic mass is 16.6. The maximum Gasteiger partial charge on any atom is 0.407 e. The quantitative estimate of drug-likeness (QED) is 0.858. The highest BCUT2D eigenvalue weighted by molar-refractivity contribution is 5.75. The summed E-state index contributed by atoms with van der Waals surface area (Å²) in [7, 11) is 0. The highest BCUT2D eigenvalue weighted by Crippen LogP contribution is 2.14. The van der Waals surface area contributed by atoms with Gasteiger partial charge in [-0.05, 0) is 34.6 Å². The Hall–Kier alpha value is -2.12. The Morgan fingerprint density at radius 3 is 2.45 bits per heavy atom. The predicted octanol–water partition coefficient (Wildman–Crippen LogP) is 1.12. The van der Waals surface area contributed by atoms with Crippen LogP contribution in [0.1, 0.15) is 40.3 Å². The van der Waals surface area contributed by atoms with Gasteiger partial charge in [-0.15, -0.1) is 5.10 Å². The number of carboxylic acids is 1. The lowest BCUT2D eigenvalue weighted by Crippen LogP contribution is -2.36. The molecule has 20 heavy (non-hydrogen) atoms. The van der Waals surface area contributed by atoms with Gasteiger partial charge in [0.05, 0.1) is 12.7 Å². The molecule has 2 N–H and O–H groups in total. The summed E-state index contributed by atoms with van der Waals surface area (Å²) < 4.78 is 6.31. The van der Waals surface area contributed by atoms with Gasteiger partial charge in [0.15, 0.2) is 5.54 Å². The van der Waals surface area contributed by atoms with Gasteiger partial charge in [-0.1, -0.05) is 5.21 Å². The molecule has 0 radical (unpaired) electrons. The Morgan fingerprint density at radius 2 is 1.95 bits per heavy atom. The van der Waals surface area contributed by atoms with Crippen LogP contribution in [-0.2, 0) is 21.6 Å². The van der Waals surface area contributed by atoms with Crippen molar-refractivity contribution in [3.63, 3.8) is 0 Å². The molecule has 0 fully saturated rings. The Morgan fingerprint density at radius 1 is 1.35 bits per heavy atom. The highest BCUT2D eigenvalue weighted by Gasteiger charge is 2.30. The third-order valence-electron chi connectivity index (χ3n) is 2.45. The third kappa shape index (κ3) is 4.22. The minimum Gasteiger partial charge on any atom is -0.479 e. The Labute approximate surface area is 117 Å². The Balaban J connectivity index is 2.62. The number of rotatable bonds is 4. The monoisotopic (exact) mass is 284 g/mol. The summed E-state index contributed by atoms with van der Waals surface area (Å²) in [4.78, 5) is 22.5. The number of nitrogens with zero attached hydrogens (tertiary/aromatic N) is 3. The van der Waals surface area contributed by atoms with Gasteiger partial charge in [-0.3, -0.25) is 0 Å². The fraction of sp³-hybridized carbons (Fsp3) is 0.667. The average Bonchev–Trinajstić information content (AvgIpc) is 2.72. The molecule has 0 spiro atoms. The summed E-state index contributed by atoms with van der Waals surface area (Å²) in [5.41, 5.74) is -1.32. The van der Waals surface area contributed by atoms with Crippen molar-refractivity contribution in [3.8, 4) is 0 Å². The summed E-state index contributed by atoms with van der Waals surface area (Å²) in [6.07, 6.45) is 0.912. The molecule has 1 rings (SSSR count). The number of ether oxygens (including phenoxy) is 1. The fourth-order valence-electron chi connectivity index (χ4n) is 1.23. The van der Waals surface area contributed by atoms with Crippen LogP contribution in [0.3, 0.4) is 0 Å².